The average Bonchev–Trinajstić information content (AvgIpc) is 2.69. The predicted molar refractivity (Wildman–Crippen MR) is 117 cm³/mol. The molecule has 30 heavy (non-hydrogen) atoms. The van der Waals surface area contributed by atoms with Gasteiger partial charge in [-0.1, -0.05) is 0 Å². The Morgan fingerprint density at radius 2 is 1.73 bits per heavy atom. The van der Waals surface area contributed by atoms with Gasteiger partial charge in [0.1, 0.15) is 24.0 Å². The van der Waals surface area contributed by atoms with Crippen LogP contribution < -0.4 is 21.1 Å². The second-order valence-electron chi connectivity index (χ2n) is 7.19. The van der Waals surface area contributed by atoms with Crippen molar-refractivity contribution in [3.63, 3.8) is 0 Å². The molecule has 0 radical (unpaired) electrons. The van der Waals surface area contributed by atoms with E-state index in [1.807, 2.05) is 44.1 Å². The fraction of sp³-hybridized carbons (Fsp3) is 0.286. The molecule has 0 fully saturated rings. The van der Waals surface area contributed by atoms with Gasteiger partial charge in [-0.2, -0.15) is 0 Å². The summed E-state index contributed by atoms with van der Waals surface area (Å²) in [6.07, 6.45) is 1.39. The maximum absolute atomic E-state index is 12.3. The van der Waals surface area contributed by atoms with Gasteiger partial charge in [0, 0.05) is 42.8 Å². The van der Waals surface area contributed by atoms with Crippen LogP contribution in [0.5, 0.6) is 0 Å². The van der Waals surface area contributed by atoms with Crippen LogP contribution >= 0.6 is 0 Å². The first-order chi connectivity index (χ1) is 14.2. The molecule has 0 aliphatic heterocycles. The molecule has 1 aromatic carbocycles. The fourth-order valence-corrected chi connectivity index (χ4v) is 2.77. The molecule has 2 aromatic heterocycles. The van der Waals surface area contributed by atoms with Gasteiger partial charge in [-0.3, -0.25) is 14.2 Å². The first-order valence-electron chi connectivity index (χ1n) is 9.45. The van der Waals surface area contributed by atoms with Gasteiger partial charge in [-0.15, -0.1) is 0 Å². The van der Waals surface area contributed by atoms with Crippen molar-refractivity contribution < 1.29 is 4.79 Å². The quantitative estimate of drug-likeness (QED) is 0.646. The lowest BCUT2D eigenvalue weighted by molar-refractivity contribution is -0.116. The minimum absolute atomic E-state index is 0.0967. The molecule has 3 rings (SSSR count). The predicted octanol–water partition coefficient (Wildman–Crippen LogP) is 2.41. The zero-order chi connectivity index (χ0) is 21.8. The Balaban J connectivity index is 1.66. The smallest absolute Gasteiger partial charge is 0.256 e. The van der Waals surface area contributed by atoms with Crippen LogP contribution in [-0.2, 0) is 11.3 Å². The molecule has 1 amide bonds. The van der Waals surface area contributed by atoms with Gasteiger partial charge in [0.2, 0.25) is 5.91 Å². The number of rotatable bonds is 6. The lowest BCUT2D eigenvalue weighted by atomic mass is 10.2. The molecule has 3 aromatic rings. The summed E-state index contributed by atoms with van der Waals surface area (Å²) in [4.78, 5) is 39.3. The average molecular weight is 407 g/mol. The standard InChI is InChI=1S/C21H25N7O2/c1-13-14(2)22-12-28(21(13)30)11-20(29)26-17-8-6-16(7-9-17)25-18-10-19(27(4)5)24-15(3)23-18/h6-10,12H,11H2,1-5H3,(H,26,29)(H,23,24,25). The summed E-state index contributed by atoms with van der Waals surface area (Å²) >= 11 is 0. The molecule has 2 N–H and O–H groups in total. The first kappa shape index (κ1) is 21.0. The van der Waals surface area contributed by atoms with Crippen molar-refractivity contribution in [3.05, 3.63) is 64.1 Å². The lowest BCUT2D eigenvalue weighted by Gasteiger charge is -2.14. The van der Waals surface area contributed by atoms with Crippen LogP contribution in [0.3, 0.4) is 0 Å². The molecule has 0 aliphatic carbocycles. The van der Waals surface area contributed by atoms with Gasteiger partial charge < -0.3 is 15.5 Å². The third kappa shape index (κ3) is 4.99. The minimum Gasteiger partial charge on any atom is -0.363 e. The Morgan fingerprint density at radius 3 is 2.40 bits per heavy atom. The van der Waals surface area contributed by atoms with Crippen LogP contribution in [0.25, 0.3) is 0 Å². The highest BCUT2D eigenvalue weighted by Crippen LogP contribution is 2.20. The zero-order valence-corrected chi connectivity index (χ0v) is 17.7. The zero-order valence-electron chi connectivity index (χ0n) is 17.7. The monoisotopic (exact) mass is 407 g/mol. The topological polar surface area (TPSA) is 105 Å². The highest BCUT2D eigenvalue weighted by molar-refractivity contribution is 5.90. The van der Waals surface area contributed by atoms with E-state index >= 15 is 0 Å². The Bertz CT molecular complexity index is 1120. The first-order valence-corrected chi connectivity index (χ1v) is 9.45. The summed E-state index contributed by atoms with van der Waals surface area (Å²) < 4.78 is 1.30. The van der Waals surface area contributed by atoms with E-state index in [9.17, 15) is 9.59 Å². The highest BCUT2D eigenvalue weighted by atomic mass is 16.2. The van der Waals surface area contributed by atoms with Gasteiger partial charge in [0.15, 0.2) is 0 Å². The number of benzene rings is 1. The van der Waals surface area contributed by atoms with Crippen molar-refractivity contribution in [2.45, 2.75) is 27.3 Å². The van der Waals surface area contributed by atoms with E-state index in [1.165, 1.54) is 10.9 Å². The van der Waals surface area contributed by atoms with Crippen LogP contribution in [0.2, 0.25) is 0 Å². The number of amides is 1. The van der Waals surface area contributed by atoms with E-state index < -0.39 is 0 Å². The maximum Gasteiger partial charge on any atom is 0.256 e. The molecular weight excluding hydrogens is 382 g/mol. The number of nitrogens with one attached hydrogen (secondary N) is 2. The van der Waals surface area contributed by atoms with Crippen molar-refractivity contribution in [2.24, 2.45) is 0 Å². The van der Waals surface area contributed by atoms with Crippen LogP contribution in [0, 0.1) is 20.8 Å². The summed E-state index contributed by atoms with van der Waals surface area (Å²) in [5.41, 5.74) is 2.44. The second-order valence-corrected chi connectivity index (χ2v) is 7.19. The van der Waals surface area contributed by atoms with E-state index in [1.54, 1.807) is 26.0 Å². The fourth-order valence-electron chi connectivity index (χ4n) is 2.77. The summed E-state index contributed by atoms with van der Waals surface area (Å²) in [6, 6.07) is 9.10. The van der Waals surface area contributed by atoms with Gasteiger partial charge >= 0.3 is 0 Å². The third-order valence-electron chi connectivity index (χ3n) is 4.55. The molecular formula is C21H25N7O2. The Morgan fingerprint density at radius 1 is 1.07 bits per heavy atom. The summed E-state index contributed by atoms with van der Waals surface area (Å²) in [6.45, 7) is 5.21. The molecule has 0 unspecified atom stereocenters. The third-order valence-corrected chi connectivity index (χ3v) is 4.55. The van der Waals surface area contributed by atoms with Gasteiger partial charge in [-0.05, 0) is 45.0 Å². The Kier molecular flexibility index (Phi) is 6.10. The highest BCUT2D eigenvalue weighted by Gasteiger charge is 2.09. The normalized spacial score (nSPS) is 10.6. The van der Waals surface area contributed by atoms with Gasteiger partial charge in [-0.25, -0.2) is 15.0 Å². The number of hydrogen-bond donors (Lipinski definition) is 2. The molecule has 0 saturated carbocycles. The van der Waals surface area contributed by atoms with Crippen LogP contribution in [0.15, 0.2) is 41.5 Å². The Labute approximate surface area is 174 Å². The van der Waals surface area contributed by atoms with Crippen molar-refractivity contribution >= 4 is 28.9 Å². The molecule has 2 heterocycles. The number of anilines is 4. The van der Waals surface area contributed by atoms with E-state index in [0.717, 1.165) is 11.5 Å². The van der Waals surface area contributed by atoms with Crippen molar-refractivity contribution in [2.75, 3.05) is 29.6 Å². The number of aryl methyl sites for hydroxylation is 2. The molecule has 9 nitrogen and oxygen atoms in total. The number of aromatic nitrogens is 4. The lowest BCUT2D eigenvalue weighted by Crippen LogP contribution is -2.29. The largest absolute Gasteiger partial charge is 0.363 e. The van der Waals surface area contributed by atoms with Crippen molar-refractivity contribution in [1.82, 2.24) is 19.5 Å². The van der Waals surface area contributed by atoms with E-state index in [0.29, 0.717) is 28.6 Å². The van der Waals surface area contributed by atoms with Crippen LogP contribution in [0.1, 0.15) is 17.1 Å². The van der Waals surface area contributed by atoms with Gasteiger partial charge in [0.05, 0.1) is 6.33 Å². The number of hydrogen-bond acceptors (Lipinski definition) is 7. The second kappa shape index (κ2) is 8.73. The molecule has 9 heteroatoms. The molecule has 156 valence electrons. The van der Waals surface area contributed by atoms with Crippen molar-refractivity contribution in [3.8, 4) is 0 Å². The molecule has 0 atom stereocenters. The van der Waals surface area contributed by atoms with Crippen molar-refractivity contribution in [1.29, 1.82) is 0 Å². The van der Waals surface area contributed by atoms with Crippen LogP contribution in [0.4, 0.5) is 23.0 Å². The summed E-state index contributed by atoms with van der Waals surface area (Å²) in [7, 11) is 3.84. The number of carbonyl (C=O) groups is 1. The molecule has 0 spiro atoms. The molecule has 0 bridgehead atoms. The summed E-state index contributed by atoms with van der Waals surface area (Å²) in [5.74, 6) is 1.86. The number of nitrogens with zero attached hydrogens (tertiary/aromatic N) is 5. The van der Waals surface area contributed by atoms with E-state index in [4.69, 9.17) is 0 Å². The number of carbonyl (C=O) groups excluding carboxylic acids is 1. The molecule has 0 saturated heterocycles. The maximum atomic E-state index is 12.3. The molecule has 0 aliphatic rings. The van der Waals surface area contributed by atoms with E-state index in [2.05, 4.69) is 25.6 Å². The van der Waals surface area contributed by atoms with Crippen LogP contribution in [-0.4, -0.2) is 39.5 Å². The summed E-state index contributed by atoms with van der Waals surface area (Å²) in [5, 5.41) is 6.02. The SMILES string of the molecule is Cc1nc(Nc2ccc(NC(=O)Cn3cnc(C)c(C)c3=O)cc2)cc(N(C)C)n1. The van der Waals surface area contributed by atoms with Gasteiger partial charge in [0.25, 0.3) is 5.56 Å². The minimum atomic E-state index is -0.301. The van der Waals surface area contributed by atoms with E-state index in [-0.39, 0.29) is 18.0 Å². The Hall–Kier alpha value is -3.75.